The number of nitrogens with one attached hydrogen (secondary N) is 2. The van der Waals surface area contributed by atoms with E-state index in [2.05, 4.69) is 10.6 Å². The smallest absolute Gasteiger partial charge is 0.335 e. The summed E-state index contributed by atoms with van der Waals surface area (Å²) >= 11 is 0. The highest BCUT2D eigenvalue weighted by atomic mass is 16.4. The molecule has 1 fully saturated rings. The van der Waals surface area contributed by atoms with Gasteiger partial charge >= 0.3 is 12.0 Å². The molecule has 0 bridgehead atoms. The lowest BCUT2D eigenvalue weighted by Crippen LogP contribution is -2.36. The molecule has 2 rings (SSSR count). The first-order chi connectivity index (χ1) is 9.06. The molecule has 0 aliphatic heterocycles. The molecule has 0 heterocycles. The fourth-order valence-electron chi connectivity index (χ4n) is 2.30. The van der Waals surface area contributed by atoms with E-state index in [4.69, 9.17) is 5.11 Å². The van der Waals surface area contributed by atoms with Gasteiger partial charge in [0.25, 0.3) is 0 Å². The maximum atomic E-state index is 11.8. The molecule has 0 atom stereocenters. The van der Waals surface area contributed by atoms with Gasteiger partial charge in [0, 0.05) is 11.7 Å². The van der Waals surface area contributed by atoms with E-state index in [1.165, 1.54) is 12.1 Å². The monoisotopic (exact) mass is 262 g/mol. The number of aromatic carboxylic acids is 1. The van der Waals surface area contributed by atoms with Crippen molar-refractivity contribution < 1.29 is 14.7 Å². The number of anilines is 1. The molecule has 5 nitrogen and oxygen atoms in total. The molecular formula is C14H18N2O3. The van der Waals surface area contributed by atoms with Gasteiger partial charge in [-0.3, -0.25) is 0 Å². The molecule has 2 amide bonds. The zero-order valence-electron chi connectivity index (χ0n) is 10.9. The molecule has 0 unspecified atom stereocenters. The van der Waals surface area contributed by atoms with Crippen molar-refractivity contribution in [3.8, 4) is 0 Å². The first-order valence-corrected chi connectivity index (χ1v) is 6.48. The van der Waals surface area contributed by atoms with Crippen LogP contribution in [0.15, 0.2) is 18.2 Å². The second-order valence-electron chi connectivity index (χ2n) is 4.91. The molecule has 0 radical (unpaired) electrons. The summed E-state index contributed by atoms with van der Waals surface area (Å²) in [4.78, 5) is 22.7. The topological polar surface area (TPSA) is 78.4 Å². The quantitative estimate of drug-likeness (QED) is 0.783. The SMILES string of the molecule is Cc1ccc(C(=O)O)cc1NC(=O)NC1CCCC1. The van der Waals surface area contributed by atoms with E-state index in [9.17, 15) is 9.59 Å². The fraction of sp³-hybridized carbons (Fsp3) is 0.429. The first kappa shape index (κ1) is 13.4. The zero-order chi connectivity index (χ0) is 13.8. The van der Waals surface area contributed by atoms with Crippen molar-refractivity contribution in [2.24, 2.45) is 0 Å². The fourth-order valence-corrected chi connectivity index (χ4v) is 2.30. The molecule has 3 N–H and O–H groups in total. The molecule has 0 saturated heterocycles. The van der Waals surface area contributed by atoms with Gasteiger partial charge in [-0.2, -0.15) is 0 Å². The molecule has 102 valence electrons. The summed E-state index contributed by atoms with van der Waals surface area (Å²) in [5.74, 6) is -1.00. The lowest BCUT2D eigenvalue weighted by atomic mass is 10.1. The predicted molar refractivity (Wildman–Crippen MR) is 72.5 cm³/mol. The molecule has 1 aromatic rings. The third kappa shape index (κ3) is 3.47. The second-order valence-corrected chi connectivity index (χ2v) is 4.91. The minimum Gasteiger partial charge on any atom is -0.478 e. The van der Waals surface area contributed by atoms with Crippen molar-refractivity contribution in [3.63, 3.8) is 0 Å². The van der Waals surface area contributed by atoms with Crippen molar-refractivity contribution in [2.45, 2.75) is 38.6 Å². The van der Waals surface area contributed by atoms with Gasteiger partial charge in [-0.05, 0) is 37.5 Å². The van der Waals surface area contributed by atoms with Gasteiger partial charge in [0.05, 0.1) is 5.56 Å². The largest absolute Gasteiger partial charge is 0.478 e. The van der Waals surface area contributed by atoms with Crippen LogP contribution in [0.5, 0.6) is 0 Å². The Labute approximate surface area is 112 Å². The third-order valence-corrected chi connectivity index (χ3v) is 3.42. The number of carbonyl (C=O) groups excluding carboxylic acids is 1. The summed E-state index contributed by atoms with van der Waals surface area (Å²) in [5.41, 5.74) is 1.55. The van der Waals surface area contributed by atoms with Gasteiger partial charge in [-0.15, -0.1) is 0 Å². The zero-order valence-corrected chi connectivity index (χ0v) is 10.9. The average molecular weight is 262 g/mol. The Morgan fingerprint density at radius 3 is 2.58 bits per heavy atom. The van der Waals surface area contributed by atoms with Crippen LogP contribution in [-0.2, 0) is 0 Å². The Morgan fingerprint density at radius 1 is 1.26 bits per heavy atom. The minimum atomic E-state index is -1.00. The van der Waals surface area contributed by atoms with Gasteiger partial charge < -0.3 is 15.7 Å². The highest BCUT2D eigenvalue weighted by Gasteiger charge is 2.17. The van der Waals surface area contributed by atoms with Crippen molar-refractivity contribution in [3.05, 3.63) is 29.3 Å². The van der Waals surface area contributed by atoms with Gasteiger partial charge in [-0.1, -0.05) is 18.9 Å². The van der Waals surface area contributed by atoms with E-state index in [1.54, 1.807) is 6.07 Å². The highest BCUT2D eigenvalue weighted by molar-refractivity contribution is 5.94. The van der Waals surface area contributed by atoms with Gasteiger partial charge in [0.15, 0.2) is 0 Å². The highest BCUT2D eigenvalue weighted by Crippen LogP contribution is 2.19. The van der Waals surface area contributed by atoms with Gasteiger partial charge in [0.1, 0.15) is 0 Å². The maximum Gasteiger partial charge on any atom is 0.335 e. The Hall–Kier alpha value is -2.04. The molecule has 1 saturated carbocycles. The van der Waals surface area contributed by atoms with E-state index in [0.29, 0.717) is 5.69 Å². The molecule has 1 aromatic carbocycles. The van der Waals surface area contributed by atoms with Crippen molar-refractivity contribution in [2.75, 3.05) is 5.32 Å². The number of urea groups is 1. The Balaban J connectivity index is 2.02. The number of hydrogen-bond acceptors (Lipinski definition) is 2. The number of rotatable bonds is 3. The van der Waals surface area contributed by atoms with Crippen LogP contribution in [0.25, 0.3) is 0 Å². The van der Waals surface area contributed by atoms with Crippen molar-refractivity contribution in [1.82, 2.24) is 5.32 Å². The number of carboxylic acids is 1. The van der Waals surface area contributed by atoms with Crippen LogP contribution in [0.1, 0.15) is 41.6 Å². The van der Waals surface area contributed by atoms with Crippen molar-refractivity contribution in [1.29, 1.82) is 0 Å². The van der Waals surface area contributed by atoms with Crippen LogP contribution in [0.2, 0.25) is 0 Å². The van der Waals surface area contributed by atoms with Gasteiger partial charge in [-0.25, -0.2) is 9.59 Å². The first-order valence-electron chi connectivity index (χ1n) is 6.48. The lowest BCUT2D eigenvalue weighted by molar-refractivity contribution is 0.0697. The molecular weight excluding hydrogens is 244 g/mol. The molecule has 5 heteroatoms. The van der Waals surface area contributed by atoms with Crippen LogP contribution in [0.4, 0.5) is 10.5 Å². The summed E-state index contributed by atoms with van der Waals surface area (Å²) < 4.78 is 0. The number of benzene rings is 1. The van der Waals surface area contributed by atoms with E-state index in [1.807, 2.05) is 6.92 Å². The Morgan fingerprint density at radius 2 is 1.95 bits per heavy atom. The number of carbonyl (C=O) groups is 2. The van der Waals surface area contributed by atoms with E-state index >= 15 is 0 Å². The summed E-state index contributed by atoms with van der Waals surface area (Å²) in [5, 5.41) is 14.6. The summed E-state index contributed by atoms with van der Waals surface area (Å²) in [7, 11) is 0. The predicted octanol–water partition coefficient (Wildman–Crippen LogP) is 2.76. The normalized spacial score (nSPS) is 15.2. The van der Waals surface area contributed by atoms with Crippen LogP contribution < -0.4 is 10.6 Å². The number of amides is 2. The third-order valence-electron chi connectivity index (χ3n) is 3.42. The Bertz CT molecular complexity index is 493. The minimum absolute atomic E-state index is 0.168. The molecule has 19 heavy (non-hydrogen) atoms. The van der Waals surface area contributed by atoms with Crippen LogP contribution in [0.3, 0.4) is 0 Å². The summed E-state index contributed by atoms with van der Waals surface area (Å²) in [6.45, 7) is 1.83. The number of hydrogen-bond donors (Lipinski definition) is 3. The Kier molecular flexibility index (Phi) is 4.04. The lowest BCUT2D eigenvalue weighted by Gasteiger charge is -2.14. The van der Waals surface area contributed by atoms with E-state index in [-0.39, 0.29) is 17.6 Å². The van der Waals surface area contributed by atoms with Crippen LogP contribution in [-0.4, -0.2) is 23.1 Å². The standard InChI is InChI=1S/C14H18N2O3/c1-9-6-7-10(13(17)18)8-12(9)16-14(19)15-11-4-2-3-5-11/h6-8,11H,2-5H2,1H3,(H,17,18)(H2,15,16,19). The van der Waals surface area contributed by atoms with Crippen LogP contribution >= 0.6 is 0 Å². The second kappa shape index (κ2) is 5.73. The number of carboxylic acid groups (broad SMARTS) is 1. The van der Waals surface area contributed by atoms with E-state index < -0.39 is 5.97 Å². The van der Waals surface area contributed by atoms with Gasteiger partial charge in [0.2, 0.25) is 0 Å². The molecule has 0 spiro atoms. The maximum absolute atomic E-state index is 11.8. The summed E-state index contributed by atoms with van der Waals surface area (Å²) in [6.07, 6.45) is 4.33. The average Bonchev–Trinajstić information content (AvgIpc) is 2.84. The van der Waals surface area contributed by atoms with Crippen molar-refractivity contribution >= 4 is 17.7 Å². The van der Waals surface area contributed by atoms with Crippen LogP contribution in [0, 0.1) is 6.92 Å². The molecule has 1 aliphatic rings. The summed E-state index contributed by atoms with van der Waals surface area (Å²) in [6, 6.07) is 4.67. The molecule has 0 aromatic heterocycles. The molecule has 1 aliphatic carbocycles. The number of aryl methyl sites for hydroxylation is 1. The van der Waals surface area contributed by atoms with E-state index in [0.717, 1.165) is 31.2 Å².